The number of hydrogen-bond acceptors (Lipinski definition) is 11. The van der Waals surface area contributed by atoms with Crippen molar-refractivity contribution in [1.82, 2.24) is 0 Å². The third kappa shape index (κ3) is 5.83. The highest BCUT2D eigenvalue weighted by Crippen LogP contribution is 2.31. The molecule has 0 spiro atoms. The molecule has 0 bridgehead atoms. The van der Waals surface area contributed by atoms with Crippen LogP contribution in [0.3, 0.4) is 0 Å². The van der Waals surface area contributed by atoms with Crippen LogP contribution in [0.4, 0.5) is 5.69 Å². The molecule has 11 nitrogen and oxygen atoms in total. The van der Waals surface area contributed by atoms with E-state index in [0.717, 1.165) is 27.9 Å². The second kappa shape index (κ2) is 9.92. The summed E-state index contributed by atoms with van der Waals surface area (Å²) in [5.74, 6) is -2.95. The summed E-state index contributed by atoms with van der Waals surface area (Å²) in [6, 6.07) is 6.16. The lowest BCUT2D eigenvalue weighted by Gasteiger charge is -2.43. The van der Waals surface area contributed by atoms with Crippen LogP contribution in [0.5, 0.6) is 5.75 Å². The topological polar surface area (TPSA) is 150 Å². The first-order valence-corrected chi connectivity index (χ1v) is 8.89. The summed E-state index contributed by atoms with van der Waals surface area (Å²) in [6.07, 6.45) is -7.15. The lowest BCUT2D eigenvalue weighted by molar-refractivity contribution is -0.282. The van der Waals surface area contributed by atoms with Crippen molar-refractivity contribution in [3.8, 4) is 5.75 Å². The predicted molar refractivity (Wildman–Crippen MR) is 98.8 cm³/mol. The van der Waals surface area contributed by atoms with Gasteiger partial charge in [-0.15, -0.1) is 0 Å². The van der Waals surface area contributed by atoms with Crippen molar-refractivity contribution in [2.75, 3.05) is 12.8 Å². The first kappa shape index (κ1) is 22.9. The Balaban J connectivity index is 2.47. The SMILES string of the molecule is COC(=O)C1O[C@@H](Oc2ccc(N)cc2)C(OC(C)=O)C(OC(C)=O)[C@H]1OC(C)=O. The standard InChI is InChI=1S/C19H23NO10/c1-9(21)26-14-15(27-10(2)22)17(28-11(3)23)19(30-16(14)18(24)25-4)29-13-7-5-12(20)6-8-13/h5-8,14-17,19H,20H2,1-4H3/t14-,15?,16?,17?,19-/m1/s1. The Labute approximate surface area is 172 Å². The number of carbonyl (C=O) groups excluding carboxylic acids is 4. The van der Waals surface area contributed by atoms with Gasteiger partial charge < -0.3 is 34.2 Å². The van der Waals surface area contributed by atoms with Crippen molar-refractivity contribution >= 4 is 29.6 Å². The van der Waals surface area contributed by atoms with Crippen LogP contribution in [-0.4, -0.2) is 61.7 Å². The summed E-state index contributed by atoms with van der Waals surface area (Å²) >= 11 is 0. The van der Waals surface area contributed by atoms with Gasteiger partial charge in [-0.3, -0.25) is 14.4 Å². The highest BCUT2D eigenvalue weighted by atomic mass is 16.7. The minimum absolute atomic E-state index is 0.266. The third-order valence-electron chi connectivity index (χ3n) is 3.97. The number of benzene rings is 1. The van der Waals surface area contributed by atoms with Gasteiger partial charge in [0, 0.05) is 26.5 Å². The smallest absolute Gasteiger partial charge is 0.339 e. The van der Waals surface area contributed by atoms with Gasteiger partial charge in [0.15, 0.2) is 18.3 Å². The number of rotatable bonds is 6. The zero-order valence-corrected chi connectivity index (χ0v) is 16.9. The number of nitrogens with two attached hydrogens (primary N) is 1. The van der Waals surface area contributed by atoms with Gasteiger partial charge in [0.2, 0.25) is 12.4 Å². The van der Waals surface area contributed by atoms with Gasteiger partial charge in [-0.25, -0.2) is 4.79 Å². The summed E-state index contributed by atoms with van der Waals surface area (Å²) in [7, 11) is 1.10. The third-order valence-corrected chi connectivity index (χ3v) is 3.97. The summed E-state index contributed by atoms with van der Waals surface area (Å²) in [5.41, 5.74) is 6.13. The summed E-state index contributed by atoms with van der Waals surface area (Å²) in [6.45, 7) is 3.32. The fraction of sp³-hybridized carbons (Fsp3) is 0.474. The van der Waals surface area contributed by atoms with Crippen molar-refractivity contribution in [3.63, 3.8) is 0 Å². The van der Waals surface area contributed by atoms with Gasteiger partial charge in [0.1, 0.15) is 5.75 Å². The number of carbonyl (C=O) groups is 4. The first-order valence-electron chi connectivity index (χ1n) is 8.89. The van der Waals surface area contributed by atoms with Crippen LogP contribution in [-0.2, 0) is 42.9 Å². The predicted octanol–water partition coefficient (Wildman–Crippen LogP) is 0.341. The quantitative estimate of drug-likeness (QED) is 0.382. The normalized spacial score (nSPS) is 25.5. The number of methoxy groups -OCH3 is 1. The molecule has 0 radical (unpaired) electrons. The summed E-state index contributed by atoms with van der Waals surface area (Å²) in [5, 5.41) is 0. The molecule has 30 heavy (non-hydrogen) atoms. The number of hydrogen-bond donors (Lipinski definition) is 1. The number of nitrogen functional groups attached to an aromatic ring is 1. The van der Waals surface area contributed by atoms with E-state index in [0.29, 0.717) is 5.69 Å². The van der Waals surface area contributed by atoms with E-state index >= 15 is 0 Å². The minimum atomic E-state index is -1.52. The average Bonchev–Trinajstić information content (AvgIpc) is 2.66. The van der Waals surface area contributed by atoms with Crippen LogP contribution >= 0.6 is 0 Å². The van der Waals surface area contributed by atoms with Crippen LogP contribution in [0.1, 0.15) is 20.8 Å². The summed E-state index contributed by atoms with van der Waals surface area (Å²) in [4.78, 5) is 47.3. The largest absolute Gasteiger partial charge is 0.467 e. The Morgan fingerprint density at radius 1 is 0.833 bits per heavy atom. The molecule has 1 aliphatic heterocycles. The molecule has 164 valence electrons. The van der Waals surface area contributed by atoms with Crippen LogP contribution in [0.15, 0.2) is 24.3 Å². The maximum absolute atomic E-state index is 12.3. The zero-order chi connectivity index (χ0) is 22.4. The van der Waals surface area contributed by atoms with Crippen molar-refractivity contribution in [2.24, 2.45) is 0 Å². The van der Waals surface area contributed by atoms with Crippen LogP contribution in [0.25, 0.3) is 0 Å². The molecule has 1 heterocycles. The van der Waals surface area contributed by atoms with E-state index in [4.69, 9.17) is 34.2 Å². The summed E-state index contributed by atoms with van der Waals surface area (Å²) < 4.78 is 31.7. The van der Waals surface area contributed by atoms with E-state index in [1.807, 2.05) is 0 Å². The molecular weight excluding hydrogens is 402 g/mol. The molecule has 3 unspecified atom stereocenters. The molecule has 2 rings (SSSR count). The molecule has 5 atom stereocenters. The molecule has 0 aliphatic carbocycles. The van der Waals surface area contributed by atoms with E-state index < -0.39 is 54.6 Å². The fourth-order valence-corrected chi connectivity index (χ4v) is 2.86. The van der Waals surface area contributed by atoms with E-state index in [1.54, 1.807) is 12.1 Å². The van der Waals surface area contributed by atoms with E-state index in [9.17, 15) is 19.2 Å². The maximum atomic E-state index is 12.3. The van der Waals surface area contributed by atoms with Gasteiger partial charge in [-0.05, 0) is 24.3 Å². The molecule has 0 amide bonds. The Kier molecular flexibility index (Phi) is 7.59. The lowest BCUT2D eigenvalue weighted by Crippen LogP contribution is -2.64. The van der Waals surface area contributed by atoms with E-state index in [2.05, 4.69) is 0 Å². The molecule has 1 aromatic rings. The van der Waals surface area contributed by atoms with Gasteiger partial charge in [-0.1, -0.05) is 0 Å². The molecule has 1 fully saturated rings. The molecular formula is C19H23NO10. The highest BCUT2D eigenvalue weighted by molar-refractivity contribution is 5.77. The van der Waals surface area contributed by atoms with E-state index in [1.165, 1.54) is 12.1 Å². The highest BCUT2D eigenvalue weighted by Gasteiger charge is 2.55. The Morgan fingerprint density at radius 3 is 1.83 bits per heavy atom. The number of ether oxygens (including phenoxy) is 6. The second-order valence-corrected chi connectivity index (χ2v) is 6.36. The van der Waals surface area contributed by atoms with Crippen molar-refractivity contribution in [1.29, 1.82) is 0 Å². The van der Waals surface area contributed by atoms with Crippen molar-refractivity contribution in [2.45, 2.75) is 51.5 Å². The second-order valence-electron chi connectivity index (χ2n) is 6.36. The number of esters is 4. The van der Waals surface area contributed by atoms with Crippen molar-refractivity contribution in [3.05, 3.63) is 24.3 Å². The molecule has 1 saturated heterocycles. The van der Waals surface area contributed by atoms with Gasteiger partial charge in [0.05, 0.1) is 7.11 Å². The molecule has 11 heteroatoms. The average molecular weight is 425 g/mol. The fourth-order valence-electron chi connectivity index (χ4n) is 2.86. The monoisotopic (exact) mass is 425 g/mol. The van der Waals surface area contributed by atoms with Crippen molar-refractivity contribution < 1.29 is 47.6 Å². The Bertz CT molecular complexity index is 793. The van der Waals surface area contributed by atoms with Gasteiger partial charge in [0.25, 0.3) is 0 Å². The molecule has 0 aromatic heterocycles. The van der Waals surface area contributed by atoms with Crippen LogP contribution in [0.2, 0.25) is 0 Å². The first-order chi connectivity index (χ1) is 14.1. The Hall–Kier alpha value is -3.34. The van der Waals surface area contributed by atoms with Crippen LogP contribution < -0.4 is 10.5 Å². The van der Waals surface area contributed by atoms with Gasteiger partial charge >= 0.3 is 23.9 Å². The lowest BCUT2D eigenvalue weighted by atomic mass is 9.97. The minimum Gasteiger partial charge on any atom is -0.467 e. The Morgan fingerprint density at radius 2 is 1.33 bits per heavy atom. The van der Waals surface area contributed by atoms with E-state index in [-0.39, 0.29) is 5.75 Å². The van der Waals surface area contributed by atoms with Crippen LogP contribution in [0, 0.1) is 0 Å². The number of anilines is 1. The molecule has 1 aromatic carbocycles. The van der Waals surface area contributed by atoms with Gasteiger partial charge in [-0.2, -0.15) is 0 Å². The molecule has 0 saturated carbocycles. The molecule has 1 aliphatic rings. The zero-order valence-electron chi connectivity index (χ0n) is 16.9. The maximum Gasteiger partial charge on any atom is 0.339 e. The molecule has 2 N–H and O–H groups in total.